The minimum absolute atomic E-state index is 0.0871. The Kier molecular flexibility index (Phi) is 4.73. The molecule has 0 saturated carbocycles. The third kappa shape index (κ3) is 4.05. The molecular formula is C10H13FN2O2. The van der Waals surface area contributed by atoms with E-state index in [1.165, 1.54) is 6.07 Å². The van der Waals surface area contributed by atoms with Gasteiger partial charge in [-0.15, -0.1) is 0 Å². The van der Waals surface area contributed by atoms with Crippen molar-refractivity contribution >= 4 is 5.91 Å². The number of ether oxygens (including phenoxy) is 1. The minimum Gasteiger partial charge on any atom is -0.367 e. The molecule has 0 unspecified atom stereocenters. The van der Waals surface area contributed by atoms with Gasteiger partial charge < -0.3 is 4.74 Å². The van der Waals surface area contributed by atoms with Gasteiger partial charge in [0.15, 0.2) is 0 Å². The fourth-order valence-electron chi connectivity index (χ4n) is 1.04. The van der Waals surface area contributed by atoms with Crippen LogP contribution in [0.5, 0.6) is 0 Å². The second-order valence-corrected chi connectivity index (χ2v) is 2.88. The largest absolute Gasteiger partial charge is 0.367 e. The Morgan fingerprint density at radius 3 is 2.87 bits per heavy atom. The van der Waals surface area contributed by atoms with Crippen molar-refractivity contribution in [2.24, 2.45) is 0 Å². The number of carbonyl (C=O) groups is 1. The Labute approximate surface area is 87.4 Å². The molecule has 0 aliphatic rings. The molecule has 0 atom stereocenters. The van der Waals surface area contributed by atoms with Gasteiger partial charge in [0.1, 0.15) is 12.4 Å². The summed E-state index contributed by atoms with van der Waals surface area (Å²) < 4.78 is 18.1. The van der Waals surface area contributed by atoms with E-state index in [9.17, 15) is 9.18 Å². The molecule has 2 N–H and O–H groups in total. The van der Waals surface area contributed by atoms with Crippen LogP contribution >= 0.6 is 0 Å². The topological polar surface area (TPSA) is 50.4 Å². The predicted octanol–water partition coefficient (Wildman–Crippen LogP) is 0.593. The molecule has 1 rings (SSSR count). The number of rotatable bonds is 5. The number of carbonyl (C=O) groups excluding carboxylic acids is 1. The Balaban J connectivity index is 2.32. The molecule has 0 aromatic heterocycles. The van der Waals surface area contributed by atoms with E-state index in [2.05, 4.69) is 10.9 Å². The fraction of sp³-hybridized carbons (Fsp3) is 0.300. The van der Waals surface area contributed by atoms with Gasteiger partial charge >= 0.3 is 0 Å². The first kappa shape index (κ1) is 11.6. The Morgan fingerprint density at radius 2 is 2.20 bits per heavy atom. The van der Waals surface area contributed by atoms with Gasteiger partial charge in [-0.3, -0.25) is 10.2 Å². The fourth-order valence-corrected chi connectivity index (χ4v) is 1.04. The van der Waals surface area contributed by atoms with E-state index < -0.39 is 0 Å². The van der Waals surface area contributed by atoms with Crippen LogP contribution in [0.25, 0.3) is 0 Å². The number of hydrogen-bond donors (Lipinski definition) is 2. The summed E-state index contributed by atoms with van der Waals surface area (Å²) in [7, 11) is 1.58. The number of hydrazine groups is 1. The first-order chi connectivity index (χ1) is 7.24. The third-order valence-electron chi connectivity index (χ3n) is 1.71. The monoisotopic (exact) mass is 212 g/mol. The highest BCUT2D eigenvalue weighted by Gasteiger charge is 2.02. The Morgan fingerprint density at radius 1 is 1.47 bits per heavy atom. The van der Waals surface area contributed by atoms with Crippen LogP contribution in [-0.4, -0.2) is 19.6 Å². The normalized spacial score (nSPS) is 10.0. The Hall–Kier alpha value is -1.46. The van der Waals surface area contributed by atoms with Crippen molar-refractivity contribution in [3.05, 3.63) is 35.6 Å². The van der Waals surface area contributed by atoms with Crippen molar-refractivity contribution in [2.75, 3.05) is 13.7 Å². The molecular weight excluding hydrogens is 199 g/mol. The lowest BCUT2D eigenvalue weighted by molar-refractivity contribution is -0.126. The first-order valence-corrected chi connectivity index (χ1v) is 4.50. The van der Waals surface area contributed by atoms with Gasteiger partial charge in [-0.25, -0.2) is 9.82 Å². The maximum absolute atomic E-state index is 13.1. The van der Waals surface area contributed by atoms with Crippen molar-refractivity contribution in [1.29, 1.82) is 0 Å². The molecule has 1 aromatic carbocycles. The lowest BCUT2D eigenvalue weighted by atomic mass is 10.2. The van der Waals surface area contributed by atoms with E-state index in [0.717, 1.165) is 0 Å². The molecule has 82 valence electrons. The van der Waals surface area contributed by atoms with E-state index >= 15 is 0 Å². The molecule has 4 nitrogen and oxygen atoms in total. The number of amides is 1. The molecule has 0 aliphatic heterocycles. The van der Waals surface area contributed by atoms with Gasteiger partial charge in [0, 0.05) is 12.6 Å². The molecule has 0 bridgehead atoms. The van der Waals surface area contributed by atoms with Gasteiger partial charge in [0.25, 0.3) is 5.91 Å². The van der Waals surface area contributed by atoms with E-state index in [1.54, 1.807) is 25.2 Å². The van der Waals surface area contributed by atoms with Crippen molar-refractivity contribution in [2.45, 2.75) is 6.61 Å². The molecule has 5 heteroatoms. The lowest BCUT2D eigenvalue weighted by Gasteiger charge is -2.05. The summed E-state index contributed by atoms with van der Waals surface area (Å²) in [5.41, 5.74) is 5.25. The van der Waals surface area contributed by atoms with E-state index in [0.29, 0.717) is 5.56 Å². The van der Waals surface area contributed by atoms with Crippen LogP contribution in [0.15, 0.2) is 24.3 Å². The molecule has 0 saturated heterocycles. The summed E-state index contributed by atoms with van der Waals surface area (Å²) in [5, 5.41) is 0. The van der Waals surface area contributed by atoms with Gasteiger partial charge in [-0.1, -0.05) is 18.2 Å². The van der Waals surface area contributed by atoms with Crippen molar-refractivity contribution in [3.63, 3.8) is 0 Å². The van der Waals surface area contributed by atoms with E-state index in [1.807, 2.05) is 0 Å². The van der Waals surface area contributed by atoms with E-state index in [-0.39, 0.29) is 24.9 Å². The van der Waals surface area contributed by atoms with Crippen molar-refractivity contribution < 1.29 is 13.9 Å². The number of hydrogen-bond acceptors (Lipinski definition) is 3. The lowest BCUT2D eigenvalue weighted by Crippen LogP contribution is -2.36. The van der Waals surface area contributed by atoms with E-state index in [4.69, 9.17) is 4.74 Å². The maximum Gasteiger partial charge on any atom is 0.260 e. The van der Waals surface area contributed by atoms with Crippen LogP contribution in [0.1, 0.15) is 5.56 Å². The number of benzene rings is 1. The SMILES string of the molecule is CNNC(=O)COCc1ccccc1F. The molecule has 0 spiro atoms. The number of nitrogens with one attached hydrogen (secondary N) is 2. The second kappa shape index (κ2) is 6.10. The maximum atomic E-state index is 13.1. The van der Waals surface area contributed by atoms with Crippen LogP contribution in [0.2, 0.25) is 0 Å². The van der Waals surface area contributed by atoms with Crippen LogP contribution in [0.4, 0.5) is 4.39 Å². The van der Waals surface area contributed by atoms with Gasteiger partial charge in [-0.2, -0.15) is 0 Å². The minimum atomic E-state index is -0.327. The van der Waals surface area contributed by atoms with Gasteiger partial charge in [0.2, 0.25) is 0 Å². The average Bonchev–Trinajstić information content (AvgIpc) is 2.21. The quantitative estimate of drug-likeness (QED) is 0.702. The molecule has 0 aliphatic carbocycles. The molecule has 1 aromatic rings. The van der Waals surface area contributed by atoms with Crippen molar-refractivity contribution in [1.82, 2.24) is 10.9 Å². The zero-order valence-corrected chi connectivity index (χ0v) is 8.42. The second-order valence-electron chi connectivity index (χ2n) is 2.88. The van der Waals surface area contributed by atoms with Crippen LogP contribution < -0.4 is 10.9 Å². The van der Waals surface area contributed by atoms with Gasteiger partial charge in [-0.05, 0) is 6.07 Å². The van der Waals surface area contributed by atoms with Crippen LogP contribution in [0, 0.1) is 5.82 Å². The molecule has 0 fully saturated rings. The highest BCUT2D eigenvalue weighted by atomic mass is 19.1. The highest BCUT2D eigenvalue weighted by Crippen LogP contribution is 2.07. The Bertz CT molecular complexity index is 331. The average molecular weight is 212 g/mol. The number of halogens is 1. The summed E-state index contributed by atoms with van der Waals surface area (Å²) in [5.74, 6) is -0.625. The zero-order chi connectivity index (χ0) is 11.1. The summed E-state index contributed by atoms with van der Waals surface area (Å²) in [6, 6.07) is 6.29. The first-order valence-electron chi connectivity index (χ1n) is 4.50. The van der Waals surface area contributed by atoms with Crippen LogP contribution in [0.3, 0.4) is 0 Å². The zero-order valence-electron chi connectivity index (χ0n) is 8.42. The predicted molar refractivity (Wildman–Crippen MR) is 53.3 cm³/mol. The van der Waals surface area contributed by atoms with Crippen LogP contribution in [-0.2, 0) is 16.1 Å². The molecule has 0 radical (unpaired) electrons. The summed E-state index contributed by atoms with van der Waals surface area (Å²) in [6.45, 7) is -0.0149. The molecule has 0 heterocycles. The van der Waals surface area contributed by atoms with Crippen molar-refractivity contribution in [3.8, 4) is 0 Å². The third-order valence-corrected chi connectivity index (χ3v) is 1.71. The molecule has 15 heavy (non-hydrogen) atoms. The summed E-state index contributed by atoms with van der Waals surface area (Å²) in [6.07, 6.45) is 0. The van der Waals surface area contributed by atoms with Gasteiger partial charge in [0.05, 0.1) is 6.61 Å². The standard InChI is InChI=1S/C10H13FN2O2/c1-12-13-10(14)7-15-6-8-4-2-3-5-9(8)11/h2-5,12H,6-7H2,1H3,(H,13,14). The summed E-state index contributed by atoms with van der Waals surface area (Å²) >= 11 is 0. The molecule has 1 amide bonds. The highest BCUT2D eigenvalue weighted by molar-refractivity contribution is 5.76. The summed E-state index contributed by atoms with van der Waals surface area (Å²) in [4.78, 5) is 10.9. The smallest absolute Gasteiger partial charge is 0.260 e.